The van der Waals surface area contributed by atoms with Gasteiger partial charge in [0.2, 0.25) is 0 Å². The van der Waals surface area contributed by atoms with Crippen molar-refractivity contribution in [2.45, 2.75) is 6.92 Å². The minimum absolute atomic E-state index is 0.147. The number of nitrogens with two attached hydrogens (primary N) is 1. The second-order valence-electron chi connectivity index (χ2n) is 5.47. The number of anilines is 1. The van der Waals surface area contributed by atoms with Crippen molar-refractivity contribution in [1.29, 1.82) is 0 Å². The van der Waals surface area contributed by atoms with E-state index in [0.29, 0.717) is 18.0 Å². The molecule has 0 fully saturated rings. The van der Waals surface area contributed by atoms with Gasteiger partial charge in [-0.2, -0.15) is 0 Å². The van der Waals surface area contributed by atoms with Crippen molar-refractivity contribution in [2.24, 2.45) is 0 Å². The van der Waals surface area contributed by atoms with Crippen molar-refractivity contribution in [2.75, 3.05) is 12.3 Å². The SMILES string of the molecule is CCOc1ccccc1-c1cn(-c2ccc(C(=O)O)c(O)c2)cc1N. The van der Waals surface area contributed by atoms with Crippen LogP contribution in [0.5, 0.6) is 11.5 Å². The number of para-hydroxylation sites is 1. The van der Waals surface area contributed by atoms with Crippen LogP contribution in [0.25, 0.3) is 16.8 Å². The predicted molar refractivity (Wildman–Crippen MR) is 95.4 cm³/mol. The third kappa shape index (κ3) is 3.14. The van der Waals surface area contributed by atoms with E-state index in [1.165, 1.54) is 12.1 Å². The summed E-state index contributed by atoms with van der Waals surface area (Å²) in [5, 5.41) is 18.9. The van der Waals surface area contributed by atoms with Gasteiger partial charge in [0.15, 0.2) is 0 Å². The first-order valence-corrected chi connectivity index (χ1v) is 7.77. The second-order valence-corrected chi connectivity index (χ2v) is 5.47. The third-order valence-corrected chi connectivity index (χ3v) is 3.84. The molecule has 0 spiro atoms. The van der Waals surface area contributed by atoms with Gasteiger partial charge in [0.25, 0.3) is 0 Å². The summed E-state index contributed by atoms with van der Waals surface area (Å²) in [5.74, 6) is -0.741. The molecular weight excluding hydrogens is 320 g/mol. The lowest BCUT2D eigenvalue weighted by molar-refractivity contribution is 0.0693. The average molecular weight is 338 g/mol. The van der Waals surface area contributed by atoms with Gasteiger partial charge in [-0.3, -0.25) is 0 Å². The van der Waals surface area contributed by atoms with Crippen LogP contribution in [0.4, 0.5) is 5.69 Å². The van der Waals surface area contributed by atoms with Gasteiger partial charge in [0.1, 0.15) is 17.1 Å². The maximum absolute atomic E-state index is 11.0. The summed E-state index contributed by atoms with van der Waals surface area (Å²) in [5.41, 5.74) is 8.83. The molecule has 0 saturated heterocycles. The summed E-state index contributed by atoms with van der Waals surface area (Å²) < 4.78 is 7.39. The molecule has 0 bridgehead atoms. The molecule has 4 N–H and O–H groups in total. The molecule has 1 aromatic heterocycles. The van der Waals surface area contributed by atoms with Gasteiger partial charge in [-0.25, -0.2) is 4.79 Å². The molecule has 0 saturated carbocycles. The molecule has 0 radical (unpaired) electrons. The van der Waals surface area contributed by atoms with Crippen LogP contribution in [-0.4, -0.2) is 27.4 Å². The summed E-state index contributed by atoms with van der Waals surface area (Å²) in [6, 6.07) is 12.0. The van der Waals surface area contributed by atoms with Crippen LogP contribution in [0.1, 0.15) is 17.3 Å². The Morgan fingerprint density at radius 3 is 2.60 bits per heavy atom. The fraction of sp³-hybridized carbons (Fsp3) is 0.105. The van der Waals surface area contributed by atoms with E-state index < -0.39 is 5.97 Å². The van der Waals surface area contributed by atoms with E-state index in [4.69, 9.17) is 15.6 Å². The van der Waals surface area contributed by atoms with Crippen LogP contribution in [0.2, 0.25) is 0 Å². The number of hydrogen-bond acceptors (Lipinski definition) is 4. The molecule has 0 amide bonds. The summed E-state index contributed by atoms with van der Waals surface area (Å²) in [4.78, 5) is 11.0. The van der Waals surface area contributed by atoms with Crippen LogP contribution in [0, 0.1) is 0 Å². The molecule has 2 aromatic carbocycles. The number of aromatic carboxylic acids is 1. The number of ether oxygens (including phenoxy) is 1. The molecule has 0 unspecified atom stereocenters. The first kappa shape index (κ1) is 16.4. The molecule has 25 heavy (non-hydrogen) atoms. The molecule has 6 heteroatoms. The maximum atomic E-state index is 11.0. The van der Waals surface area contributed by atoms with Crippen LogP contribution < -0.4 is 10.5 Å². The first-order valence-electron chi connectivity index (χ1n) is 7.77. The molecule has 6 nitrogen and oxygen atoms in total. The summed E-state index contributed by atoms with van der Waals surface area (Å²) in [6.45, 7) is 2.46. The normalized spacial score (nSPS) is 10.6. The van der Waals surface area contributed by atoms with Gasteiger partial charge < -0.3 is 25.3 Å². The zero-order valence-electron chi connectivity index (χ0n) is 13.6. The van der Waals surface area contributed by atoms with Crippen molar-refractivity contribution in [3.63, 3.8) is 0 Å². The van der Waals surface area contributed by atoms with E-state index in [0.717, 1.165) is 16.9 Å². The lowest BCUT2D eigenvalue weighted by atomic mass is 10.1. The summed E-state index contributed by atoms with van der Waals surface area (Å²) >= 11 is 0. The number of carbonyl (C=O) groups is 1. The fourth-order valence-corrected chi connectivity index (χ4v) is 2.68. The summed E-state index contributed by atoms with van der Waals surface area (Å²) in [7, 11) is 0. The number of nitrogen functional groups attached to an aromatic ring is 1. The van der Waals surface area contributed by atoms with Gasteiger partial charge in [0, 0.05) is 35.3 Å². The number of phenols is 1. The molecule has 0 aliphatic heterocycles. The standard InChI is InChI=1S/C19H18N2O4/c1-2-25-18-6-4-3-5-13(18)15-10-21(11-16(15)20)12-7-8-14(19(23)24)17(22)9-12/h3-11,22H,2,20H2,1H3,(H,23,24). The largest absolute Gasteiger partial charge is 0.507 e. The van der Waals surface area contributed by atoms with E-state index in [2.05, 4.69) is 0 Å². The number of hydrogen-bond donors (Lipinski definition) is 3. The van der Waals surface area contributed by atoms with Gasteiger partial charge in [0.05, 0.1) is 12.3 Å². The van der Waals surface area contributed by atoms with Crippen LogP contribution in [0.15, 0.2) is 54.9 Å². The Labute approximate surface area is 144 Å². The van der Waals surface area contributed by atoms with Gasteiger partial charge >= 0.3 is 5.97 Å². The van der Waals surface area contributed by atoms with Gasteiger partial charge in [-0.05, 0) is 25.1 Å². The quantitative estimate of drug-likeness (QED) is 0.661. The van der Waals surface area contributed by atoms with Crippen molar-refractivity contribution in [1.82, 2.24) is 4.57 Å². The minimum atomic E-state index is -1.18. The molecule has 3 rings (SSSR count). The topological polar surface area (TPSA) is 97.7 Å². The Morgan fingerprint density at radius 2 is 1.92 bits per heavy atom. The number of carboxylic acids is 1. The Kier molecular flexibility index (Phi) is 4.35. The van der Waals surface area contributed by atoms with E-state index in [-0.39, 0.29) is 11.3 Å². The number of benzene rings is 2. The van der Waals surface area contributed by atoms with Crippen molar-refractivity contribution in [3.8, 4) is 28.3 Å². The molecule has 3 aromatic rings. The minimum Gasteiger partial charge on any atom is -0.507 e. The Hall–Kier alpha value is -3.41. The highest BCUT2D eigenvalue weighted by atomic mass is 16.5. The zero-order chi connectivity index (χ0) is 18.0. The van der Waals surface area contributed by atoms with E-state index in [1.807, 2.05) is 37.4 Å². The number of rotatable bonds is 5. The fourth-order valence-electron chi connectivity index (χ4n) is 2.68. The monoisotopic (exact) mass is 338 g/mol. The van der Waals surface area contributed by atoms with Gasteiger partial charge in [-0.1, -0.05) is 18.2 Å². The number of carboxylic acid groups (broad SMARTS) is 1. The lowest BCUT2D eigenvalue weighted by Gasteiger charge is -2.09. The number of aromatic nitrogens is 1. The Bertz CT molecular complexity index is 931. The van der Waals surface area contributed by atoms with Crippen molar-refractivity contribution >= 4 is 11.7 Å². The Morgan fingerprint density at radius 1 is 1.16 bits per heavy atom. The molecule has 128 valence electrons. The van der Waals surface area contributed by atoms with Crippen LogP contribution >= 0.6 is 0 Å². The van der Waals surface area contributed by atoms with Crippen LogP contribution in [0.3, 0.4) is 0 Å². The number of aromatic hydroxyl groups is 1. The highest BCUT2D eigenvalue weighted by molar-refractivity contribution is 5.91. The predicted octanol–water partition coefficient (Wildman–Crippen LogP) is 3.53. The lowest BCUT2D eigenvalue weighted by Crippen LogP contribution is -1.98. The first-order chi connectivity index (χ1) is 12.0. The second kappa shape index (κ2) is 6.60. The molecule has 1 heterocycles. The maximum Gasteiger partial charge on any atom is 0.339 e. The molecule has 0 aliphatic carbocycles. The number of nitrogens with zero attached hydrogens (tertiary/aromatic N) is 1. The van der Waals surface area contributed by atoms with Crippen molar-refractivity contribution in [3.05, 3.63) is 60.4 Å². The smallest absolute Gasteiger partial charge is 0.339 e. The summed E-state index contributed by atoms with van der Waals surface area (Å²) in [6.07, 6.45) is 3.54. The van der Waals surface area contributed by atoms with E-state index >= 15 is 0 Å². The van der Waals surface area contributed by atoms with Gasteiger partial charge in [-0.15, -0.1) is 0 Å². The van der Waals surface area contributed by atoms with Crippen molar-refractivity contribution < 1.29 is 19.7 Å². The molecular formula is C19H18N2O4. The zero-order valence-corrected chi connectivity index (χ0v) is 13.6. The van der Waals surface area contributed by atoms with Crippen LogP contribution in [-0.2, 0) is 0 Å². The Balaban J connectivity index is 2.04. The average Bonchev–Trinajstić information content (AvgIpc) is 2.97. The molecule has 0 atom stereocenters. The van der Waals surface area contributed by atoms with E-state index in [9.17, 15) is 9.90 Å². The van der Waals surface area contributed by atoms with E-state index in [1.54, 1.807) is 16.8 Å². The molecule has 0 aliphatic rings. The highest BCUT2D eigenvalue weighted by Gasteiger charge is 2.14. The third-order valence-electron chi connectivity index (χ3n) is 3.84. The highest BCUT2D eigenvalue weighted by Crippen LogP contribution is 2.35.